The monoisotopic (exact) mass is 609 g/mol. The summed E-state index contributed by atoms with van der Waals surface area (Å²) in [4.78, 5) is 1.68. The summed E-state index contributed by atoms with van der Waals surface area (Å²) in [7, 11) is 1.60. The van der Waals surface area contributed by atoms with Crippen molar-refractivity contribution in [2.45, 2.75) is 43.8 Å². The molecule has 0 saturated carbocycles. The highest BCUT2D eigenvalue weighted by Crippen LogP contribution is 2.49. The van der Waals surface area contributed by atoms with Crippen LogP contribution in [0.15, 0.2) is 60.7 Å². The number of ether oxygens (including phenoxy) is 2. The molecule has 1 saturated heterocycles. The van der Waals surface area contributed by atoms with E-state index in [9.17, 15) is 26.3 Å². The van der Waals surface area contributed by atoms with Crippen LogP contribution >= 0.6 is 11.3 Å². The second-order valence-corrected chi connectivity index (χ2v) is 10.8. The maximum atomic E-state index is 14.3. The van der Waals surface area contributed by atoms with E-state index in [1.807, 2.05) is 24.3 Å². The minimum atomic E-state index is -4.64. The highest BCUT2D eigenvalue weighted by atomic mass is 32.1. The average Bonchev–Trinajstić information content (AvgIpc) is 3.46. The van der Waals surface area contributed by atoms with Crippen molar-refractivity contribution in [1.29, 1.82) is 0 Å². The molecule has 0 spiro atoms. The van der Waals surface area contributed by atoms with Crippen LogP contribution in [-0.2, 0) is 29.5 Å². The Balaban J connectivity index is 1.20. The van der Waals surface area contributed by atoms with E-state index in [0.717, 1.165) is 23.4 Å². The molecule has 0 atom stereocenters. The molecule has 42 heavy (non-hydrogen) atoms. The lowest BCUT2D eigenvalue weighted by atomic mass is 9.72. The van der Waals surface area contributed by atoms with Gasteiger partial charge in [0.05, 0.1) is 24.7 Å². The maximum Gasteiger partial charge on any atom is 0.416 e. The number of rotatable bonds is 8. The largest absolute Gasteiger partial charge is 0.497 e. The number of nitrogens with zero attached hydrogens (tertiary/aromatic N) is 5. The number of methoxy groups -OCH3 is 1. The number of hydrogen-bond donors (Lipinski definition) is 0. The molecule has 0 amide bonds. The Morgan fingerprint density at radius 3 is 2.07 bits per heavy atom. The van der Waals surface area contributed by atoms with E-state index < -0.39 is 23.3 Å². The normalized spacial score (nSPS) is 15.5. The van der Waals surface area contributed by atoms with E-state index in [1.165, 1.54) is 11.3 Å². The maximum absolute atomic E-state index is 14.3. The van der Waals surface area contributed by atoms with Crippen LogP contribution in [0.1, 0.15) is 34.5 Å². The number of hydrogen-bond acceptors (Lipinski definition) is 8. The molecule has 7 nitrogen and oxygen atoms in total. The minimum Gasteiger partial charge on any atom is -0.497 e. The Bertz CT molecular complexity index is 1470. The third-order valence-corrected chi connectivity index (χ3v) is 8.16. The van der Waals surface area contributed by atoms with Gasteiger partial charge in [-0.2, -0.15) is 26.3 Å². The Morgan fingerprint density at radius 2 is 1.50 bits per heavy atom. The van der Waals surface area contributed by atoms with Crippen molar-refractivity contribution < 1.29 is 35.8 Å². The number of benzene rings is 2. The molecular weight excluding hydrogens is 584 g/mol. The molecule has 5 rings (SSSR count). The lowest BCUT2D eigenvalue weighted by Gasteiger charge is -2.43. The molecule has 0 unspecified atom stereocenters. The first-order valence-corrected chi connectivity index (χ1v) is 13.7. The summed E-state index contributed by atoms with van der Waals surface area (Å²) in [6, 6.07) is 14.1. The Labute approximate surface area is 241 Å². The van der Waals surface area contributed by atoms with E-state index in [0.29, 0.717) is 40.3 Å². The number of aromatic nitrogens is 4. The Morgan fingerprint density at radius 1 is 0.810 bits per heavy atom. The predicted molar refractivity (Wildman–Crippen MR) is 143 cm³/mol. The fourth-order valence-electron chi connectivity index (χ4n) is 4.83. The van der Waals surface area contributed by atoms with Crippen molar-refractivity contribution in [1.82, 2.24) is 20.4 Å². The summed E-state index contributed by atoms with van der Waals surface area (Å²) >= 11 is 1.29. The van der Waals surface area contributed by atoms with Gasteiger partial charge < -0.3 is 14.4 Å². The molecule has 1 aliphatic heterocycles. The third kappa shape index (κ3) is 6.33. The standard InChI is InChI=1S/C28H25F6N5O2S/c1-40-21-8-2-18(3-9-21)16-41-17-24-37-38-25(42-24)22-10-11-23(36-35-22)39-14-12-26(13-15-39,28(32,33)34)19-4-6-20(7-5-19)27(29,30)31/h2-11H,12-17H2,1H3. The molecule has 222 valence electrons. The zero-order valence-electron chi connectivity index (χ0n) is 22.2. The van der Waals surface area contributed by atoms with Gasteiger partial charge in [0.15, 0.2) is 10.8 Å². The third-order valence-electron chi connectivity index (χ3n) is 7.24. The quantitative estimate of drug-likeness (QED) is 0.203. The van der Waals surface area contributed by atoms with E-state index in [2.05, 4.69) is 20.4 Å². The molecule has 1 fully saturated rings. The lowest BCUT2D eigenvalue weighted by molar-refractivity contribution is -0.196. The summed E-state index contributed by atoms with van der Waals surface area (Å²) in [5, 5.41) is 17.8. The van der Waals surface area contributed by atoms with Crippen LogP contribution in [0.4, 0.5) is 32.2 Å². The molecule has 0 aliphatic carbocycles. The number of alkyl halides is 6. The highest BCUT2D eigenvalue weighted by Gasteiger charge is 2.56. The van der Waals surface area contributed by atoms with E-state index in [1.54, 1.807) is 24.1 Å². The van der Waals surface area contributed by atoms with Crippen LogP contribution in [0.2, 0.25) is 0 Å². The first-order chi connectivity index (χ1) is 20.0. The van der Waals surface area contributed by atoms with Crippen molar-refractivity contribution in [2.24, 2.45) is 0 Å². The van der Waals surface area contributed by atoms with Gasteiger partial charge in [-0.3, -0.25) is 0 Å². The topological polar surface area (TPSA) is 73.3 Å². The molecule has 2 aromatic heterocycles. The number of halogens is 6. The first-order valence-electron chi connectivity index (χ1n) is 12.8. The molecular formula is C28H25F6N5O2S. The number of anilines is 1. The molecule has 4 aromatic rings. The average molecular weight is 610 g/mol. The Hall–Kier alpha value is -3.78. The zero-order valence-corrected chi connectivity index (χ0v) is 23.1. The molecule has 0 radical (unpaired) electrons. The molecule has 3 heterocycles. The van der Waals surface area contributed by atoms with E-state index in [-0.39, 0.29) is 38.1 Å². The van der Waals surface area contributed by atoms with Crippen molar-refractivity contribution in [3.63, 3.8) is 0 Å². The second-order valence-electron chi connectivity index (χ2n) is 9.76. The molecule has 0 bridgehead atoms. The molecule has 2 aromatic carbocycles. The predicted octanol–water partition coefficient (Wildman–Crippen LogP) is 6.84. The van der Waals surface area contributed by atoms with Crippen LogP contribution in [0.25, 0.3) is 10.7 Å². The fourth-order valence-corrected chi connectivity index (χ4v) is 5.58. The van der Waals surface area contributed by atoms with E-state index >= 15 is 0 Å². The van der Waals surface area contributed by atoms with Crippen LogP contribution in [0.5, 0.6) is 5.75 Å². The van der Waals surface area contributed by atoms with Gasteiger partial charge in [0.1, 0.15) is 23.1 Å². The first kappa shape index (κ1) is 29.7. The fraction of sp³-hybridized carbons (Fsp3) is 0.357. The van der Waals surface area contributed by atoms with Gasteiger partial charge in [0.2, 0.25) is 0 Å². The van der Waals surface area contributed by atoms with Gasteiger partial charge in [-0.1, -0.05) is 35.6 Å². The van der Waals surface area contributed by atoms with Gasteiger partial charge in [-0.25, -0.2) is 0 Å². The van der Waals surface area contributed by atoms with Gasteiger partial charge in [0.25, 0.3) is 0 Å². The van der Waals surface area contributed by atoms with Crippen molar-refractivity contribution in [3.8, 4) is 16.5 Å². The smallest absolute Gasteiger partial charge is 0.416 e. The van der Waals surface area contributed by atoms with Crippen LogP contribution in [0.3, 0.4) is 0 Å². The number of piperidine rings is 1. The van der Waals surface area contributed by atoms with Crippen molar-refractivity contribution >= 4 is 17.2 Å². The summed E-state index contributed by atoms with van der Waals surface area (Å²) in [6.45, 7) is 0.646. The van der Waals surface area contributed by atoms with Crippen LogP contribution in [-0.4, -0.2) is 46.8 Å². The van der Waals surface area contributed by atoms with Crippen molar-refractivity contribution in [2.75, 3.05) is 25.1 Å². The summed E-state index contributed by atoms with van der Waals surface area (Å²) in [5.74, 6) is 1.15. The van der Waals surface area contributed by atoms with Gasteiger partial charge in [0, 0.05) is 13.1 Å². The lowest BCUT2D eigenvalue weighted by Crippen LogP contribution is -2.51. The Kier molecular flexibility index (Phi) is 8.37. The van der Waals surface area contributed by atoms with Crippen LogP contribution < -0.4 is 9.64 Å². The van der Waals surface area contributed by atoms with Crippen LogP contribution in [0, 0.1) is 0 Å². The summed E-state index contributed by atoms with van der Waals surface area (Å²) in [5.41, 5.74) is -1.97. The van der Waals surface area contributed by atoms with Gasteiger partial charge >= 0.3 is 12.4 Å². The van der Waals surface area contributed by atoms with Gasteiger partial charge in [-0.15, -0.1) is 20.4 Å². The van der Waals surface area contributed by atoms with E-state index in [4.69, 9.17) is 9.47 Å². The summed E-state index contributed by atoms with van der Waals surface area (Å²) < 4.78 is 92.5. The molecule has 14 heteroatoms. The second kappa shape index (κ2) is 11.8. The minimum absolute atomic E-state index is 0.00302. The molecule has 0 N–H and O–H groups in total. The molecule has 1 aliphatic rings. The zero-order chi connectivity index (χ0) is 30.0. The van der Waals surface area contributed by atoms with Crippen molar-refractivity contribution in [3.05, 3.63) is 82.4 Å². The highest BCUT2D eigenvalue weighted by molar-refractivity contribution is 7.14. The van der Waals surface area contributed by atoms with Gasteiger partial charge in [-0.05, 0) is 60.4 Å². The summed E-state index contributed by atoms with van der Waals surface area (Å²) in [6.07, 6.45) is -9.93. The SMILES string of the molecule is COc1ccc(COCc2nnc(-c3ccc(N4CCC(c5ccc(C(F)(F)F)cc5)(C(F)(F)F)CC4)nn3)s2)cc1.